The standard InChI is InChI=1S/C20H32O3/c1-18(2)7-5-8-19(3)13-6-9-20(4)15(22)11-23-17(20)12(13)10-14(21)16(18)19/h10,13-17,21-22H,5-9,11H2,1-4H3. The van der Waals surface area contributed by atoms with E-state index in [9.17, 15) is 10.2 Å². The molecular weight excluding hydrogens is 288 g/mol. The second kappa shape index (κ2) is 4.83. The van der Waals surface area contributed by atoms with E-state index in [1.165, 1.54) is 24.8 Å². The summed E-state index contributed by atoms with van der Waals surface area (Å²) in [5, 5.41) is 21.4. The van der Waals surface area contributed by atoms with E-state index in [1.54, 1.807) is 0 Å². The minimum atomic E-state index is -0.384. The van der Waals surface area contributed by atoms with Gasteiger partial charge in [-0.05, 0) is 53.9 Å². The Labute approximate surface area is 140 Å². The maximum absolute atomic E-state index is 11.0. The first kappa shape index (κ1) is 16.1. The van der Waals surface area contributed by atoms with Gasteiger partial charge in [-0.3, -0.25) is 0 Å². The molecule has 1 aliphatic heterocycles. The molecule has 1 saturated heterocycles. The smallest absolute Gasteiger partial charge is 0.0869 e. The Morgan fingerprint density at radius 2 is 1.78 bits per heavy atom. The molecule has 0 aromatic rings. The van der Waals surface area contributed by atoms with E-state index in [4.69, 9.17) is 4.74 Å². The second-order valence-corrected chi connectivity index (χ2v) is 9.81. The van der Waals surface area contributed by atoms with Crippen LogP contribution >= 0.6 is 0 Å². The molecule has 3 aliphatic carbocycles. The van der Waals surface area contributed by atoms with Gasteiger partial charge in [0.15, 0.2) is 0 Å². The molecule has 4 rings (SSSR count). The third-order valence-corrected chi connectivity index (χ3v) is 8.05. The van der Waals surface area contributed by atoms with Crippen molar-refractivity contribution in [3.63, 3.8) is 0 Å². The van der Waals surface area contributed by atoms with Crippen molar-refractivity contribution < 1.29 is 14.9 Å². The van der Waals surface area contributed by atoms with Gasteiger partial charge in [0, 0.05) is 5.41 Å². The number of aliphatic hydroxyl groups is 2. The van der Waals surface area contributed by atoms with Crippen LogP contribution in [0.25, 0.3) is 0 Å². The predicted octanol–water partition coefficient (Wildman–Crippen LogP) is 3.30. The highest BCUT2D eigenvalue weighted by molar-refractivity contribution is 5.31. The molecule has 3 heteroatoms. The average Bonchev–Trinajstić information content (AvgIpc) is 2.73. The van der Waals surface area contributed by atoms with E-state index in [0.29, 0.717) is 18.4 Å². The summed E-state index contributed by atoms with van der Waals surface area (Å²) in [6.07, 6.45) is 7.16. The normalized spacial score (nSPS) is 54.7. The monoisotopic (exact) mass is 320 g/mol. The van der Waals surface area contributed by atoms with Crippen molar-refractivity contribution in [2.24, 2.45) is 28.1 Å². The van der Waals surface area contributed by atoms with Crippen LogP contribution in [0.3, 0.4) is 0 Å². The predicted molar refractivity (Wildman–Crippen MR) is 89.9 cm³/mol. The number of aliphatic hydroxyl groups excluding tert-OH is 2. The molecule has 7 unspecified atom stereocenters. The van der Waals surface area contributed by atoms with Gasteiger partial charge in [0.25, 0.3) is 0 Å². The first-order chi connectivity index (χ1) is 10.7. The molecule has 0 spiro atoms. The Morgan fingerprint density at radius 1 is 1.04 bits per heavy atom. The lowest BCUT2D eigenvalue weighted by atomic mass is 9.44. The molecule has 3 nitrogen and oxygen atoms in total. The third kappa shape index (κ3) is 1.99. The summed E-state index contributed by atoms with van der Waals surface area (Å²) in [6.45, 7) is 9.68. The molecule has 0 amide bonds. The number of fused-ring (bicyclic) bond motifs is 5. The molecule has 0 bridgehead atoms. The maximum Gasteiger partial charge on any atom is 0.0869 e. The molecule has 0 aromatic carbocycles. The summed E-state index contributed by atoms with van der Waals surface area (Å²) in [7, 11) is 0. The minimum absolute atomic E-state index is 0.00582. The van der Waals surface area contributed by atoms with E-state index >= 15 is 0 Å². The first-order valence-corrected chi connectivity index (χ1v) is 9.39. The Balaban J connectivity index is 1.79. The largest absolute Gasteiger partial charge is 0.390 e. The fourth-order valence-corrected chi connectivity index (χ4v) is 6.90. The topological polar surface area (TPSA) is 49.7 Å². The highest BCUT2D eigenvalue weighted by Gasteiger charge is 2.61. The lowest BCUT2D eigenvalue weighted by molar-refractivity contribution is -0.116. The zero-order valence-corrected chi connectivity index (χ0v) is 15.0. The first-order valence-electron chi connectivity index (χ1n) is 9.39. The van der Waals surface area contributed by atoms with Crippen LogP contribution in [0.2, 0.25) is 0 Å². The van der Waals surface area contributed by atoms with Crippen LogP contribution in [0.15, 0.2) is 11.6 Å². The van der Waals surface area contributed by atoms with Crippen LogP contribution in [0.4, 0.5) is 0 Å². The van der Waals surface area contributed by atoms with Crippen molar-refractivity contribution >= 4 is 0 Å². The van der Waals surface area contributed by atoms with Gasteiger partial charge < -0.3 is 14.9 Å². The molecule has 7 atom stereocenters. The summed E-state index contributed by atoms with van der Waals surface area (Å²) in [4.78, 5) is 0. The molecule has 130 valence electrons. The molecule has 4 aliphatic rings. The molecule has 23 heavy (non-hydrogen) atoms. The summed E-state index contributed by atoms with van der Waals surface area (Å²) in [5.41, 5.74) is 1.46. The number of hydrogen-bond acceptors (Lipinski definition) is 3. The molecule has 1 heterocycles. The summed E-state index contributed by atoms with van der Waals surface area (Å²) in [6, 6.07) is 0. The van der Waals surface area contributed by atoms with Gasteiger partial charge in [0.05, 0.1) is 24.9 Å². The molecule has 2 saturated carbocycles. The van der Waals surface area contributed by atoms with Crippen molar-refractivity contribution in [3.05, 3.63) is 11.6 Å². The minimum Gasteiger partial charge on any atom is -0.390 e. The van der Waals surface area contributed by atoms with Gasteiger partial charge in [-0.2, -0.15) is 0 Å². The van der Waals surface area contributed by atoms with Crippen molar-refractivity contribution in [2.75, 3.05) is 6.61 Å². The van der Waals surface area contributed by atoms with E-state index in [-0.39, 0.29) is 34.6 Å². The van der Waals surface area contributed by atoms with Gasteiger partial charge in [-0.1, -0.05) is 40.2 Å². The van der Waals surface area contributed by atoms with E-state index in [1.807, 2.05) is 0 Å². The second-order valence-electron chi connectivity index (χ2n) is 9.81. The Kier molecular flexibility index (Phi) is 3.38. The van der Waals surface area contributed by atoms with Crippen molar-refractivity contribution in [1.29, 1.82) is 0 Å². The zero-order chi connectivity index (χ0) is 16.6. The van der Waals surface area contributed by atoms with Gasteiger partial charge in [0.1, 0.15) is 0 Å². The van der Waals surface area contributed by atoms with E-state index < -0.39 is 0 Å². The summed E-state index contributed by atoms with van der Waals surface area (Å²) in [5.74, 6) is 0.826. The van der Waals surface area contributed by atoms with Crippen LogP contribution in [0.1, 0.15) is 59.8 Å². The quantitative estimate of drug-likeness (QED) is 0.673. The Hall–Kier alpha value is -0.380. The number of rotatable bonds is 0. The number of ether oxygens (including phenoxy) is 1. The summed E-state index contributed by atoms with van der Waals surface area (Å²) >= 11 is 0. The SMILES string of the molecule is CC1(C)CCCC2(C)C3CCC4(C)C(O)COC4C3=CC(O)C12. The van der Waals surface area contributed by atoms with Crippen LogP contribution in [-0.2, 0) is 4.74 Å². The van der Waals surface area contributed by atoms with Gasteiger partial charge in [-0.15, -0.1) is 0 Å². The molecule has 0 aromatic heterocycles. The Morgan fingerprint density at radius 3 is 2.52 bits per heavy atom. The van der Waals surface area contributed by atoms with E-state index in [0.717, 1.165) is 12.8 Å². The maximum atomic E-state index is 11.0. The van der Waals surface area contributed by atoms with Crippen molar-refractivity contribution in [1.82, 2.24) is 0 Å². The fourth-order valence-electron chi connectivity index (χ4n) is 6.90. The lowest BCUT2D eigenvalue weighted by Crippen LogP contribution is -2.58. The fraction of sp³-hybridized carbons (Fsp3) is 0.900. The molecule has 2 N–H and O–H groups in total. The van der Waals surface area contributed by atoms with Gasteiger partial charge in [0.2, 0.25) is 0 Å². The average molecular weight is 320 g/mol. The zero-order valence-electron chi connectivity index (χ0n) is 15.0. The van der Waals surface area contributed by atoms with Gasteiger partial charge in [-0.25, -0.2) is 0 Å². The Bertz CT molecular complexity index is 539. The lowest BCUT2D eigenvalue weighted by Gasteiger charge is -2.61. The third-order valence-electron chi connectivity index (χ3n) is 8.05. The molecule has 0 radical (unpaired) electrons. The summed E-state index contributed by atoms with van der Waals surface area (Å²) < 4.78 is 6.04. The molecular formula is C20H32O3. The highest BCUT2D eigenvalue weighted by Crippen LogP contribution is 2.64. The van der Waals surface area contributed by atoms with Crippen LogP contribution in [0.5, 0.6) is 0 Å². The van der Waals surface area contributed by atoms with Gasteiger partial charge >= 0.3 is 0 Å². The highest BCUT2D eigenvalue weighted by atomic mass is 16.5. The van der Waals surface area contributed by atoms with Crippen LogP contribution in [-0.4, -0.2) is 35.1 Å². The van der Waals surface area contributed by atoms with Crippen molar-refractivity contribution in [3.8, 4) is 0 Å². The van der Waals surface area contributed by atoms with E-state index in [2.05, 4.69) is 33.8 Å². The van der Waals surface area contributed by atoms with Crippen LogP contribution < -0.4 is 0 Å². The van der Waals surface area contributed by atoms with Crippen LogP contribution in [0, 0.1) is 28.1 Å². The van der Waals surface area contributed by atoms with Crippen molar-refractivity contribution in [2.45, 2.75) is 78.1 Å². The number of hydrogen-bond donors (Lipinski definition) is 2. The molecule has 3 fully saturated rings.